The van der Waals surface area contributed by atoms with Gasteiger partial charge >= 0.3 is 12.1 Å². The van der Waals surface area contributed by atoms with Crippen molar-refractivity contribution in [3.8, 4) is 11.3 Å². The Morgan fingerprint density at radius 1 is 0.939 bits per heavy atom. The number of carbonyl (C=O) groups excluding carboxylic acids is 1. The van der Waals surface area contributed by atoms with E-state index in [9.17, 15) is 9.90 Å². The standard InChI is InChI=1S/C40H42ClF3N2O3/c1-3-4-5-6-7-8-9-12-24-49-38(47)30-19-22-36(46-26-30)29-18-21-33(35(41)25-29)37(32-20-17-28-14-10-11-15-31(28)32)39(48,40(42,43)44)34-16-13-23-45-27(34)2/h10-11,13-23,25-26,32,37,48H,3-9,12,24H2,1-2H3. The molecule has 2 aromatic carbocycles. The molecule has 0 aliphatic heterocycles. The van der Waals surface area contributed by atoms with Gasteiger partial charge in [-0.05, 0) is 54.3 Å². The van der Waals surface area contributed by atoms with E-state index >= 15 is 13.2 Å². The van der Waals surface area contributed by atoms with Crippen molar-refractivity contribution in [1.82, 2.24) is 9.97 Å². The highest BCUT2D eigenvalue weighted by Crippen LogP contribution is 2.57. The number of nitrogens with zero attached hydrogens (tertiary/aromatic N) is 2. The summed E-state index contributed by atoms with van der Waals surface area (Å²) in [5.74, 6) is -2.86. The van der Waals surface area contributed by atoms with Crippen LogP contribution in [0.25, 0.3) is 17.3 Å². The Bertz CT molecular complexity index is 1760. The third-order valence-electron chi connectivity index (χ3n) is 9.36. The second-order valence-corrected chi connectivity index (χ2v) is 13.1. The lowest BCUT2D eigenvalue weighted by Crippen LogP contribution is -2.49. The summed E-state index contributed by atoms with van der Waals surface area (Å²) in [5.41, 5.74) is -0.722. The van der Waals surface area contributed by atoms with Crippen molar-refractivity contribution in [2.45, 2.75) is 88.8 Å². The van der Waals surface area contributed by atoms with E-state index < -0.39 is 29.6 Å². The van der Waals surface area contributed by atoms with Crippen LogP contribution < -0.4 is 0 Å². The number of pyridine rings is 2. The van der Waals surface area contributed by atoms with Crippen LogP contribution in [0.2, 0.25) is 5.02 Å². The number of halogens is 4. The zero-order valence-electron chi connectivity index (χ0n) is 27.8. The minimum Gasteiger partial charge on any atom is -0.462 e. The smallest absolute Gasteiger partial charge is 0.422 e. The lowest BCUT2D eigenvalue weighted by atomic mass is 9.68. The van der Waals surface area contributed by atoms with Crippen molar-refractivity contribution in [2.75, 3.05) is 6.61 Å². The van der Waals surface area contributed by atoms with Crippen LogP contribution in [0.3, 0.4) is 0 Å². The molecule has 0 saturated carbocycles. The van der Waals surface area contributed by atoms with Crippen LogP contribution in [-0.2, 0) is 10.3 Å². The molecule has 1 aliphatic carbocycles. The Labute approximate surface area is 291 Å². The first-order chi connectivity index (χ1) is 23.6. The molecule has 3 atom stereocenters. The number of allylic oxidation sites excluding steroid dienone is 1. The van der Waals surface area contributed by atoms with Gasteiger partial charge < -0.3 is 9.84 Å². The van der Waals surface area contributed by atoms with Gasteiger partial charge in [0.2, 0.25) is 0 Å². The van der Waals surface area contributed by atoms with Gasteiger partial charge in [-0.1, -0.05) is 118 Å². The first-order valence-electron chi connectivity index (χ1n) is 17.0. The maximum Gasteiger partial charge on any atom is 0.422 e. The summed E-state index contributed by atoms with van der Waals surface area (Å²) < 4.78 is 51.4. The van der Waals surface area contributed by atoms with Crippen LogP contribution in [0.1, 0.15) is 108 Å². The van der Waals surface area contributed by atoms with E-state index in [1.165, 1.54) is 69.6 Å². The number of ether oxygens (including phenoxy) is 1. The molecular weight excluding hydrogens is 649 g/mol. The van der Waals surface area contributed by atoms with Gasteiger partial charge in [0.1, 0.15) is 0 Å². The molecule has 5 rings (SSSR count). The van der Waals surface area contributed by atoms with Gasteiger partial charge in [0.05, 0.1) is 17.9 Å². The molecule has 3 unspecified atom stereocenters. The highest BCUT2D eigenvalue weighted by molar-refractivity contribution is 6.31. The fraction of sp³-hybridized carbons (Fsp3) is 0.375. The van der Waals surface area contributed by atoms with Crippen LogP contribution in [0.4, 0.5) is 13.2 Å². The molecule has 0 bridgehead atoms. The fourth-order valence-corrected chi connectivity index (χ4v) is 7.04. The molecule has 1 N–H and O–H groups in total. The normalized spacial score (nSPS) is 15.9. The monoisotopic (exact) mass is 690 g/mol. The molecule has 1 aliphatic rings. The Morgan fingerprint density at radius 2 is 1.67 bits per heavy atom. The number of benzene rings is 2. The maximum atomic E-state index is 15.3. The summed E-state index contributed by atoms with van der Waals surface area (Å²) in [5, 5.41) is 12.1. The fourth-order valence-electron chi connectivity index (χ4n) is 6.74. The Hall–Kier alpha value is -4.01. The van der Waals surface area contributed by atoms with Gasteiger partial charge in [-0.3, -0.25) is 9.97 Å². The summed E-state index contributed by atoms with van der Waals surface area (Å²) in [4.78, 5) is 21.1. The molecule has 4 aromatic rings. The van der Waals surface area contributed by atoms with Gasteiger partial charge in [-0.25, -0.2) is 4.79 Å². The predicted octanol–water partition coefficient (Wildman–Crippen LogP) is 10.7. The number of esters is 1. The van der Waals surface area contributed by atoms with Gasteiger partial charge in [0.25, 0.3) is 0 Å². The Kier molecular flexibility index (Phi) is 11.9. The van der Waals surface area contributed by atoms with E-state index in [4.69, 9.17) is 16.3 Å². The number of hydrogen-bond acceptors (Lipinski definition) is 5. The van der Waals surface area contributed by atoms with Crippen LogP contribution >= 0.6 is 11.6 Å². The zero-order chi connectivity index (χ0) is 35.0. The van der Waals surface area contributed by atoms with Crippen molar-refractivity contribution < 1.29 is 27.8 Å². The molecule has 2 heterocycles. The molecule has 49 heavy (non-hydrogen) atoms. The van der Waals surface area contributed by atoms with Gasteiger partial charge in [-0.15, -0.1) is 0 Å². The van der Waals surface area contributed by atoms with Crippen LogP contribution in [-0.4, -0.2) is 33.8 Å². The number of hydrogen-bond donors (Lipinski definition) is 1. The van der Waals surface area contributed by atoms with E-state index in [0.29, 0.717) is 29.0 Å². The van der Waals surface area contributed by atoms with E-state index in [-0.39, 0.29) is 21.8 Å². The molecule has 5 nitrogen and oxygen atoms in total. The second kappa shape index (κ2) is 16.1. The van der Waals surface area contributed by atoms with E-state index in [1.807, 2.05) is 12.1 Å². The average Bonchev–Trinajstić information content (AvgIpc) is 3.51. The van der Waals surface area contributed by atoms with Gasteiger partial charge in [0, 0.05) is 46.1 Å². The van der Waals surface area contributed by atoms with Gasteiger partial charge in [0.15, 0.2) is 5.60 Å². The zero-order valence-corrected chi connectivity index (χ0v) is 28.6. The number of carbonyl (C=O) groups is 1. The van der Waals surface area contributed by atoms with Crippen molar-refractivity contribution in [3.63, 3.8) is 0 Å². The molecule has 0 radical (unpaired) electrons. The minimum atomic E-state index is -5.08. The Balaban J connectivity index is 1.38. The highest BCUT2D eigenvalue weighted by atomic mass is 35.5. The van der Waals surface area contributed by atoms with E-state index in [0.717, 1.165) is 24.8 Å². The number of rotatable bonds is 15. The summed E-state index contributed by atoms with van der Waals surface area (Å²) in [6.45, 7) is 4.00. The molecule has 258 valence electrons. The molecule has 0 saturated heterocycles. The van der Waals surface area contributed by atoms with Crippen LogP contribution in [0.15, 0.2) is 85.2 Å². The highest BCUT2D eigenvalue weighted by Gasteiger charge is 2.63. The molecule has 0 fully saturated rings. The van der Waals surface area contributed by atoms with Crippen molar-refractivity contribution in [2.24, 2.45) is 0 Å². The van der Waals surface area contributed by atoms with E-state index in [1.54, 1.807) is 48.6 Å². The lowest BCUT2D eigenvalue weighted by Gasteiger charge is -2.42. The van der Waals surface area contributed by atoms with Crippen molar-refractivity contribution >= 4 is 23.6 Å². The van der Waals surface area contributed by atoms with Crippen LogP contribution in [0.5, 0.6) is 0 Å². The maximum absolute atomic E-state index is 15.3. The Morgan fingerprint density at radius 3 is 2.35 bits per heavy atom. The molecule has 0 amide bonds. The van der Waals surface area contributed by atoms with Crippen molar-refractivity contribution in [3.05, 3.63) is 124 Å². The largest absolute Gasteiger partial charge is 0.462 e. The molecule has 9 heteroatoms. The summed E-state index contributed by atoms with van der Waals surface area (Å²) in [7, 11) is 0. The number of aryl methyl sites for hydroxylation is 1. The van der Waals surface area contributed by atoms with E-state index in [2.05, 4.69) is 16.9 Å². The third kappa shape index (κ3) is 8.08. The summed E-state index contributed by atoms with van der Waals surface area (Å²) in [6.07, 6.45) is 10.4. The third-order valence-corrected chi connectivity index (χ3v) is 9.69. The number of alkyl halides is 3. The van der Waals surface area contributed by atoms with Crippen molar-refractivity contribution in [1.29, 1.82) is 0 Å². The number of fused-ring (bicyclic) bond motifs is 1. The first kappa shape index (κ1) is 36.3. The minimum absolute atomic E-state index is 0.0418. The number of aliphatic hydroxyl groups is 1. The second-order valence-electron chi connectivity index (χ2n) is 12.7. The summed E-state index contributed by atoms with van der Waals surface area (Å²) >= 11 is 6.85. The SMILES string of the molecule is CCCCCCCCCCOC(=O)c1ccc(-c2ccc(C(C3C=Cc4ccccc43)C(O)(c3cccnc3C)C(F)(F)F)c(Cl)c2)nc1. The first-order valence-corrected chi connectivity index (χ1v) is 17.3. The number of aromatic nitrogens is 2. The number of unbranched alkanes of at least 4 members (excludes halogenated alkanes) is 7. The quantitative estimate of drug-likeness (QED) is 0.0993. The topological polar surface area (TPSA) is 72.3 Å². The molecule has 0 spiro atoms. The molecular formula is C40H42ClF3N2O3. The lowest BCUT2D eigenvalue weighted by molar-refractivity contribution is -0.277. The van der Waals surface area contributed by atoms with Gasteiger partial charge in [-0.2, -0.15) is 13.2 Å². The summed E-state index contributed by atoms with van der Waals surface area (Å²) in [6, 6.07) is 17.8. The van der Waals surface area contributed by atoms with Crippen LogP contribution in [0, 0.1) is 6.92 Å². The predicted molar refractivity (Wildman–Crippen MR) is 187 cm³/mol. The molecule has 2 aromatic heterocycles. The average molecular weight is 691 g/mol.